The highest BCUT2D eigenvalue weighted by molar-refractivity contribution is 8.01. The van der Waals surface area contributed by atoms with Gasteiger partial charge in [0.05, 0.1) is 88.3 Å². The summed E-state index contributed by atoms with van der Waals surface area (Å²) in [4.78, 5) is 33.3. The van der Waals surface area contributed by atoms with Gasteiger partial charge in [-0.15, -0.1) is 11.3 Å². The zero-order valence-corrected chi connectivity index (χ0v) is 80.1. The van der Waals surface area contributed by atoms with Crippen LogP contribution in [0.5, 0.6) is 0 Å². The molecule has 0 radical (unpaired) electrons. The second-order valence-corrected chi connectivity index (χ2v) is 39.1. The quantitative estimate of drug-likeness (QED) is 0.134. The highest BCUT2D eigenvalue weighted by Gasteiger charge is 2.43. The van der Waals surface area contributed by atoms with E-state index in [4.69, 9.17) is 42.9 Å². The Morgan fingerprint density at radius 3 is 1.14 bits per heavy atom. The van der Waals surface area contributed by atoms with Crippen molar-refractivity contribution in [2.24, 2.45) is 0 Å². The number of rotatable bonds is 8. The van der Waals surface area contributed by atoms with Crippen LogP contribution in [-0.4, -0.2) is 29.9 Å². The number of hydrogen-bond acceptors (Lipinski definition) is 15. The summed E-state index contributed by atoms with van der Waals surface area (Å²) in [6, 6.07) is 160. The predicted octanol–water partition coefficient (Wildman–Crippen LogP) is 36.5. The molecule has 0 saturated heterocycles. The van der Waals surface area contributed by atoms with Gasteiger partial charge < -0.3 is 8.83 Å². The Balaban J connectivity index is 0.000000104. The fraction of sp³-hybridized carbons (Fsp3) is 0. The first kappa shape index (κ1) is 80.5. The highest BCUT2D eigenvalue weighted by Crippen LogP contribution is 2.64. The van der Waals surface area contributed by atoms with Crippen molar-refractivity contribution >= 4 is 242 Å². The number of aromatic nitrogens is 6. The van der Waals surface area contributed by atoms with Crippen LogP contribution in [0.25, 0.3) is 229 Å². The standard InChI is InChI=1S/2C46H28N4O.C40H23N3S2/c1-3-16-30(17-4-1)43-35-23-11-13-25-37(35)47-46(48-43)50-44-41(33-21-9-10-22-34(33)45-42(44)36-24-12-14-26-39(36)51-45)40-32-20-8-7-15-29(32)27-28-38(40)49(50)31-18-5-2-6-19-31;1-3-15-29(16-4-1)43-35-23-11-13-25-38(35)47-46(48-43)50-44-41(33-21-9-10-22-34(33)45-42(44)36-24-12-14-26-40(36)51-45)37-27-30-17-7-8-18-31(30)28-39(37)49(50)32-19-5-2-6-20-32;1-2-13-25(14-3-1)37-29-18-8-10-20-31(29)41-40(42-37)43-38-35(34-26-15-5-4-12-24(26)22-23-33(34)45-43)27-16-6-7-17-28(27)39-36(38)30-19-9-11-21-32(30)44-39/h2*1-28H;1-23H/i16D;15D;13D. The molecule has 0 amide bonds. The number of fused-ring (bicyclic) bond motifs is 38. The van der Waals surface area contributed by atoms with Crippen LogP contribution in [-0.2, 0) is 0 Å². The molecule has 3 aliphatic heterocycles. The fourth-order valence-corrected chi connectivity index (χ4v) is 24.9. The van der Waals surface area contributed by atoms with Crippen LogP contribution in [0.15, 0.2) is 493 Å². The van der Waals surface area contributed by atoms with Gasteiger partial charge in [0.2, 0.25) is 5.95 Å². The minimum Gasteiger partial charge on any atom is -0.455 e. The first-order valence-electron chi connectivity index (χ1n) is 50.6. The third-order valence-corrected chi connectivity index (χ3v) is 31.1. The molecule has 0 N–H and O–H groups in total. The molecule has 13 nitrogen and oxygen atoms in total. The molecule has 0 spiro atoms. The summed E-state index contributed by atoms with van der Waals surface area (Å²) in [5, 5.41) is 31.8. The van der Waals surface area contributed by atoms with Gasteiger partial charge in [0, 0.05) is 118 Å². The lowest BCUT2D eigenvalue weighted by Crippen LogP contribution is -2.40. The molecule has 0 unspecified atom stereocenters. The van der Waals surface area contributed by atoms with Crippen LogP contribution in [0.3, 0.4) is 0 Å². The van der Waals surface area contributed by atoms with Crippen LogP contribution in [0.2, 0.25) is 0 Å². The summed E-state index contributed by atoms with van der Waals surface area (Å²) in [6.45, 7) is 0. The maximum absolute atomic E-state index is 8.93. The normalized spacial score (nSPS) is 13.0. The van der Waals surface area contributed by atoms with Crippen molar-refractivity contribution in [1.29, 1.82) is 0 Å². The van der Waals surface area contributed by atoms with Gasteiger partial charge in [-0.05, 0) is 145 Å². The lowest BCUT2D eigenvalue weighted by atomic mass is 9.87. The van der Waals surface area contributed by atoms with E-state index in [0.29, 0.717) is 47.4 Å². The van der Waals surface area contributed by atoms with Crippen molar-refractivity contribution in [3.8, 4) is 67.2 Å². The second kappa shape index (κ2) is 33.8. The van der Waals surface area contributed by atoms with Gasteiger partial charge in [0.1, 0.15) is 22.3 Å². The van der Waals surface area contributed by atoms with E-state index < -0.39 is 0 Å². The van der Waals surface area contributed by atoms with Gasteiger partial charge in [-0.1, -0.05) is 394 Å². The van der Waals surface area contributed by atoms with E-state index >= 15 is 0 Å². The molecule has 0 fully saturated rings. The summed E-state index contributed by atoms with van der Waals surface area (Å²) in [5.74, 6) is 1.58. The van der Waals surface area contributed by atoms with E-state index in [0.717, 1.165) is 209 Å². The third kappa shape index (κ3) is 13.2. The molecule has 32 rings (SSSR count). The first-order chi connectivity index (χ1) is 74.2. The minimum atomic E-state index is 0.405. The number of benzene rings is 23. The molecule has 686 valence electrons. The molecule has 147 heavy (non-hydrogen) atoms. The van der Waals surface area contributed by atoms with E-state index in [1.54, 1.807) is 11.9 Å². The lowest BCUT2D eigenvalue weighted by molar-refractivity contribution is 0.672. The Kier molecular flexibility index (Phi) is 18.5. The van der Waals surface area contributed by atoms with E-state index in [9.17, 15) is 0 Å². The molecular formula is C132H79N11O2S2. The van der Waals surface area contributed by atoms with Crippen molar-refractivity contribution in [2.75, 3.05) is 24.3 Å². The third-order valence-electron chi connectivity index (χ3n) is 28.9. The Morgan fingerprint density at radius 1 is 0.238 bits per heavy atom. The van der Waals surface area contributed by atoms with Crippen LogP contribution >= 0.6 is 23.3 Å². The average molecular weight is 1920 g/mol. The van der Waals surface area contributed by atoms with Crippen LogP contribution in [0, 0.1) is 0 Å². The molecule has 0 bridgehead atoms. The molecule has 23 aromatic carbocycles. The number of hydrogen-bond donors (Lipinski definition) is 0. The topological polar surface area (TPSA) is 120 Å². The Morgan fingerprint density at radius 2 is 0.612 bits per heavy atom. The average Bonchev–Trinajstić information content (AvgIpc) is 1.41. The molecule has 0 atom stereocenters. The maximum atomic E-state index is 8.93. The van der Waals surface area contributed by atoms with Gasteiger partial charge in [-0.3, -0.25) is 0 Å². The maximum Gasteiger partial charge on any atom is 0.251 e. The predicted molar refractivity (Wildman–Crippen MR) is 612 cm³/mol. The van der Waals surface area contributed by atoms with E-state index in [1.807, 2.05) is 187 Å². The summed E-state index contributed by atoms with van der Waals surface area (Å²) in [7, 11) is 0. The van der Waals surface area contributed by atoms with Crippen molar-refractivity contribution in [3.05, 3.63) is 479 Å². The van der Waals surface area contributed by atoms with E-state index in [-0.39, 0.29) is 0 Å². The fourth-order valence-electron chi connectivity index (χ4n) is 22.6. The van der Waals surface area contributed by atoms with Gasteiger partial charge >= 0.3 is 0 Å². The molecule has 0 aliphatic carbocycles. The number of thiophene rings is 1. The first-order valence-corrected chi connectivity index (χ1v) is 50.7. The van der Waals surface area contributed by atoms with Crippen molar-refractivity contribution in [1.82, 2.24) is 29.9 Å². The summed E-state index contributed by atoms with van der Waals surface area (Å²) >= 11 is 3.53. The highest BCUT2D eigenvalue weighted by atomic mass is 32.2. The molecular weight excluding hydrogens is 1840 g/mol. The molecule has 29 aromatic rings. The Labute approximate surface area is 854 Å². The van der Waals surface area contributed by atoms with Crippen LogP contribution < -0.4 is 24.3 Å². The van der Waals surface area contributed by atoms with Gasteiger partial charge in [0.25, 0.3) is 11.9 Å². The number of nitrogens with zero attached hydrogens (tertiary/aromatic N) is 11. The largest absolute Gasteiger partial charge is 0.455 e. The minimum absolute atomic E-state index is 0.405. The van der Waals surface area contributed by atoms with Crippen molar-refractivity contribution in [2.45, 2.75) is 4.90 Å². The molecule has 15 heteroatoms. The van der Waals surface area contributed by atoms with Crippen LogP contribution in [0.1, 0.15) is 4.11 Å². The molecule has 0 saturated carbocycles. The van der Waals surface area contributed by atoms with Gasteiger partial charge in [-0.25, -0.2) is 54.2 Å². The number of para-hydroxylation sites is 7. The zero-order chi connectivity index (χ0) is 99.0. The van der Waals surface area contributed by atoms with Gasteiger partial charge in [-0.2, -0.15) is 0 Å². The smallest absolute Gasteiger partial charge is 0.251 e. The number of anilines is 10. The van der Waals surface area contributed by atoms with E-state index in [2.05, 4.69) is 309 Å². The Bertz CT molecular complexity index is 10600. The monoisotopic (exact) mass is 1920 g/mol. The van der Waals surface area contributed by atoms with E-state index in [1.165, 1.54) is 52.8 Å². The zero-order valence-electron chi connectivity index (χ0n) is 81.4. The number of hydrazine groups is 2. The lowest BCUT2D eigenvalue weighted by Gasteiger charge is -2.43. The summed E-state index contributed by atoms with van der Waals surface area (Å²) in [5.41, 5.74) is 23.9. The van der Waals surface area contributed by atoms with Crippen molar-refractivity contribution < 1.29 is 12.9 Å². The van der Waals surface area contributed by atoms with Crippen molar-refractivity contribution in [3.63, 3.8) is 0 Å². The summed E-state index contributed by atoms with van der Waals surface area (Å²) < 4.78 is 45.0. The Hall–Kier alpha value is -19.2. The SMILES string of the molecule is [2H]c1ccccc1-c1nc(N2Sc3ccc4ccccc4c3-c3c2c2c4ccccc4sc2c2ccccc32)nc2ccccc12.[2H]c1ccccc1-c1nc(N2c3c(c4ccccc4c4oc5ccccc5c34)-c3c(ccc4ccccc34)N2c2ccccc2)nc2ccccc12.[2H]c1ccccc1-c1nc(N2c3c(c4ccccc4c4oc5ccccc5c34)-c3cc4ccccc4cc3N2c2ccccc2)nc2ccccc12. The van der Waals surface area contributed by atoms with Crippen LogP contribution in [0.4, 0.5) is 57.7 Å². The molecule has 3 aliphatic rings. The molecule has 9 heterocycles. The summed E-state index contributed by atoms with van der Waals surface area (Å²) in [6.07, 6.45) is 0. The molecule has 6 aromatic heterocycles. The number of furan rings is 2. The second-order valence-electron chi connectivity index (χ2n) is 37.1. The van der Waals surface area contributed by atoms with Gasteiger partial charge in [0.15, 0.2) is 0 Å².